The first-order valence-electron chi connectivity index (χ1n) is 5.32. The summed E-state index contributed by atoms with van der Waals surface area (Å²) in [4.78, 5) is 2.91. The van der Waals surface area contributed by atoms with Crippen LogP contribution in [0.1, 0.15) is 12.8 Å². The SMILES string of the molecule is FC(F)(F)CCCn1c(=S)[nH]c2c(Cl)cccc21. The number of rotatable bonds is 3. The predicted molar refractivity (Wildman–Crippen MR) is 67.4 cm³/mol. The van der Waals surface area contributed by atoms with Crippen LogP contribution in [-0.2, 0) is 6.54 Å². The standard InChI is InChI=1S/C11H10ClF3N2S/c12-7-3-1-4-8-9(7)16-10(18)17(8)6-2-5-11(13,14)15/h1,3-4H,2,5-6H2,(H,16,18). The van der Waals surface area contributed by atoms with E-state index in [4.69, 9.17) is 23.8 Å². The molecular weight excluding hydrogens is 285 g/mol. The van der Waals surface area contributed by atoms with Crippen LogP contribution >= 0.6 is 23.8 Å². The molecule has 1 aromatic carbocycles. The van der Waals surface area contributed by atoms with Crippen LogP contribution in [0.5, 0.6) is 0 Å². The molecule has 2 nitrogen and oxygen atoms in total. The Hall–Kier alpha value is -1.01. The first kappa shape index (κ1) is 13.4. The fourth-order valence-corrected chi connectivity index (χ4v) is 2.31. The number of nitrogens with one attached hydrogen (secondary N) is 1. The lowest BCUT2D eigenvalue weighted by molar-refractivity contribution is -0.135. The zero-order chi connectivity index (χ0) is 13.3. The number of halogens is 4. The predicted octanol–water partition coefficient (Wildman–Crippen LogP) is 4.69. The van der Waals surface area contributed by atoms with Gasteiger partial charge in [-0.15, -0.1) is 0 Å². The van der Waals surface area contributed by atoms with Gasteiger partial charge in [0.15, 0.2) is 4.77 Å². The molecule has 0 radical (unpaired) electrons. The molecule has 2 aromatic rings. The summed E-state index contributed by atoms with van der Waals surface area (Å²) in [5.74, 6) is 0. The normalized spacial score (nSPS) is 12.2. The number of hydrogen-bond acceptors (Lipinski definition) is 1. The van der Waals surface area contributed by atoms with Crippen LogP contribution < -0.4 is 0 Å². The van der Waals surface area contributed by atoms with Crippen LogP contribution in [0.4, 0.5) is 13.2 Å². The van der Waals surface area contributed by atoms with Crippen molar-refractivity contribution in [3.8, 4) is 0 Å². The van der Waals surface area contributed by atoms with Crippen LogP contribution in [0.3, 0.4) is 0 Å². The molecule has 18 heavy (non-hydrogen) atoms. The molecule has 1 heterocycles. The fraction of sp³-hybridized carbons (Fsp3) is 0.364. The lowest BCUT2D eigenvalue weighted by Crippen LogP contribution is -2.09. The van der Waals surface area contributed by atoms with E-state index in [-0.39, 0.29) is 13.0 Å². The van der Waals surface area contributed by atoms with Crippen molar-refractivity contribution in [2.75, 3.05) is 0 Å². The van der Waals surface area contributed by atoms with Crippen LogP contribution in [0.25, 0.3) is 11.0 Å². The van der Waals surface area contributed by atoms with E-state index in [2.05, 4.69) is 4.98 Å². The van der Waals surface area contributed by atoms with E-state index < -0.39 is 12.6 Å². The minimum atomic E-state index is -4.13. The quantitative estimate of drug-likeness (QED) is 0.814. The summed E-state index contributed by atoms with van der Waals surface area (Å²) in [6, 6.07) is 5.23. The Kier molecular flexibility index (Phi) is 3.68. The number of alkyl halides is 3. The van der Waals surface area contributed by atoms with Crippen LogP contribution in [0.2, 0.25) is 5.02 Å². The summed E-state index contributed by atoms with van der Waals surface area (Å²) >= 11 is 11.1. The summed E-state index contributed by atoms with van der Waals surface area (Å²) < 4.78 is 38.3. The van der Waals surface area contributed by atoms with Gasteiger partial charge in [-0.05, 0) is 30.8 Å². The lowest BCUT2D eigenvalue weighted by atomic mass is 10.3. The molecule has 0 fully saturated rings. The summed E-state index contributed by atoms with van der Waals surface area (Å²) in [5, 5.41) is 0.508. The molecule has 0 atom stereocenters. The van der Waals surface area contributed by atoms with Crippen molar-refractivity contribution in [2.24, 2.45) is 0 Å². The Balaban J connectivity index is 2.26. The zero-order valence-corrected chi connectivity index (χ0v) is 10.8. The van der Waals surface area contributed by atoms with Gasteiger partial charge in [0.05, 0.1) is 16.1 Å². The van der Waals surface area contributed by atoms with Gasteiger partial charge in [0, 0.05) is 13.0 Å². The minimum absolute atomic E-state index is 0.00271. The highest BCUT2D eigenvalue weighted by Gasteiger charge is 2.26. The van der Waals surface area contributed by atoms with Crippen LogP contribution in [0, 0.1) is 4.77 Å². The molecule has 0 aliphatic heterocycles. The molecule has 0 saturated carbocycles. The van der Waals surface area contributed by atoms with E-state index in [0.29, 0.717) is 15.3 Å². The Morgan fingerprint density at radius 1 is 1.33 bits per heavy atom. The summed E-state index contributed by atoms with van der Waals surface area (Å²) in [6.45, 7) is 0.221. The largest absolute Gasteiger partial charge is 0.389 e. The molecular formula is C11H10ClF3N2S. The van der Waals surface area contributed by atoms with Crippen molar-refractivity contribution in [3.05, 3.63) is 28.0 Å². The first-order valence-corrected chi connectivity index (χ1v) is 6.11. The molecule has 0 aliphatic rings. The average Bonchev–Trinajstić information content (AvgIpc) is 2.56. The van der Waals surface area contributed by atoms with E-state index in [1.165, 1.54) is 0 Å². The molecule has 1 aromatic heterocycles. The number of benzene rings is 1. The van der Waals surface area contributed by atoms with Crippen molar-refractivity contribution in [3.63, 3.8) is 0 Å². The van der Waals surface area contributed by atoms with Crippen LogP contribution in [0.15, 0.2) is 18.2 Å². The van der Waals surface area contributed by atoms with E-state index in [1.54, 1.807) is 22.8 Å². The van der Waals surface area contributed by atoms with Crippen molar-refractivity contribution in [2.45, 2.75) is 25.6 Å². The number of nitrogens with zero attached hydrogens (tertiary/aromatic N) is 1. The highest BCUT2D eigenvalue weighted by atomic mass is 35.5. The monoisotopic (exact) mass is 294 g/mol. The number of imidazole rings is 1. The second-order valence-corrected chi connectivity index (χ2v) is 4.73. The Labute approximate surface area is 111 Å². The third-order valence-electron chi connectivity index (χ3n) is 2.60. The molecule has 0 unspecified atom stereocenters. The maximum Gasteiger partial charge on any atom is 0.389 e. The van der Waals surface area contributed by atoms with Crippen molar-refractivity contribution >= 4 is 34.9 Å². The summed E-state index contributed by atoms with van der Waals surface area (Å²) in [7, 11) is 0. The lowest BCUT2D eigenvalue weighted by Gasteiger charge is -2.07. The number of hydrogen-bond donors (Lipinski definition) is 1. The topological polar surface area (TPSA) is 20.7 Å². The second-order valence-electron chi connectivity index (χ2n) is 3.93. The van der Waals surface area contributed by atoms with Gasteiger partial charge in [0.1, 0.15) is 0 Å². The molecule has 0 aliphatic carbocycles. The molecule has 98 valence electrons. The van der Waals surface area contributed by atoms with E-state index in [0.717, 1.165) is 5.52 Å². The third kappa shape index (κ3) is 2.87. The second kappa shape index (κ2) is 4.93. The molecule has 0 spiro atoms. The number of fused-ring (bicyclic) bond motifs is 1. The number of H-pyrrole nitrogens is 1. The Bertz CT molecular complexity index is 615. The van der Waals surface area contributed by atoms with Gasteiger partial charge in [-0.3, -0.25) is 0 Å². The Morgan fingerprint density at radius 3 is 2.72 bits per heavy atom. The maximum atomic E-state index is 12.1. The Morgan fingerprint density at radius 2 is 2.06 bits per heavy atom. The van der Waals surface area contributed by atoms with Gasteiger partial charge >= 0.3 is 6.18 Å². The van der Waals surface area contributed by atoms with Crippen molar-refractivity contribution in [1.29, 1.82) is 0 Å². The highest BCUT2D eigenvalue weighted by molar-refractivity contribution is 7.71. The van der Waals surface area contributed by atoms with E-state index in [9.17, 15) is 13.2 Å². The summed E-state index contributed by atoms with van der Waals surface area (Å²) in [6.07, 6.45) is -4.95. The van der Waals surface area contributed by atoms with Gasteiger partial charge in [0.25, 0.3) is 0 Å². The van der Waals surface area contributed by atoms with Gasteiger partial charge in [-0.2, -0.15) is 13.2 Å². The van der Waals surface area contributed by atoms with Gasteiger partial charge in [0.2, 0.25) is 0 Å². The third-order valence-corrected chi connectivity index (χ3v) is 3.24. The fourth-order valence-electron chi connectivity index (χ4n) is 1.80. The molecule has 2 rings (SSSR count). The minimum Gasteiger partial charge on any atom is -0.329 e. The van der Waals surface area contributed by atoms with E-state index >= 15 is 0 Å². The molecule has 0 amide bonds. The highest BCUT2D eigenvalue weighted by Crippen LogP contribution is 2.25. The van der Waals surface area contributed by atoms with Crippen LogP contribution in [-0.4, -0.2) is 15.7 Å². The van der Waals surface area contributed by atoms with Gasteiger partial charge < -0.3 is 9.55 Å². The number of aromatic amines is 1. The molecule has 0 saturated heterocycles. The molecule has 0 bridgehead atoms. The smallest absolute Gasteiger partial charge is 0.329 e. The molecule has 1 N–H and O–H groups in total. The number of para-hydroxylation sites is 1. The number of aromatic nitrogens is 2. The van der Waals surface area contributed by atoms with Gasteiger partial charge in [-0.25, -0.2) is 0 Å². The van der Waals surface area contributed by atoms with Crippen molar-refractivity contribution in [1.82, 2.24) is 9.55 Å². The van der Waals surface area contributed by atoms with Crippen molar-refractivity contribution < 1.29 is 13.2 Å². The first-order chi connectivity index (χ1) is 8.38. The number of aryl methyl sites for hydroxylation is 1. The summed E-state index contributed by atoms with van der Waals surface area (Å²) in [5.41, 5.74) is 1.39. The molecule has 7 heteroatoms. The van der Waals surface area contributed by atoms with Gasteiger partial charge in [-0.1, -0.05) is 17.7 Å². The zero-order valence-electron chi connectivity index (χ0n) is 9.22. The van der Waals surface area contributed by atoms with E-state index in [1.807, 2.05) is 0 Å². The maximum absolute atomic E-state index is 12.1. The average molecular weight is 295 g/mol.